The van der Waals surface area contributed by atoms with Crippen molar-refractivity contribution in [3.8, 4) is 11.4 Å². The van der Waals surface area contributed by atoms with E-state index >= 15 is 0 Å². The molecule has 1 unspecified atom stereocenters. The van der Waals surface area contributed by atoms with Crippen LogP contribution in [0.15, 0.2) is 82.1 Å². The highest BCUT2D eigenvalue weighted by molar-refractivity contribution is 9.10. The molecule has 8 heteroatoms. The van der Waals surface area contributed by atoms with Crippen LogP contribution in [0.4, 0.5) is 0 Å². The van der Waals surface area contributed by atoms with E-state index in [9.17, 15) is 9.59 Å². The highest BCUT2D eigenvalue weighted by Gasteiger charge is 2.27. The van der Waals surface area contributed by atoms with Gasteiger partial charge in [0.05, 0.1) is 35.8 Å². The fourth-order valence-corrected chi connectivity index (χ4v) is 4.36. The molecule has 0 spiro atoms. The number of rotatable bonds is 9. The molecule has 1 heterocycles. The molecule has 0 aliphatic heterocycles. The first-order valence-corrected chi connectivity index (χ1v) is 12.5. The summed E-state index contributed by atoms with van der Waals surface area (Å²) < 4.78 is 13.3. The number of para-hydroxylation sites is 1. The van der Waals surface area contributed by atoms with E-state index in [0.29, 0.717) is 53.5 Å². The minimum Gasteiger partial charge on any atom is -0.494 e. The maximum absolute atomic E-state index is 13.7. The number of fused-ring (bicyclic) bond motifs is 1. The first kappa shape index (κ1) is 25.6. The number of carbonyl (C=O) groups is 1. The third-order valence-electron chi connectivity index (χ3n) is 5.94. The van der Waals surface area contributed by atoms with E-state index in [-0.39, 0.29) is 11.5 Å². The van der Waals surface area contributed by atoms with Gasteiger partial charge in [0.25, 0.3) is 11.5 Å². The van der Waals surface area contributed by atoms with Crippen molar-refractivity contribution in [3.63, 3.8) is 0 Å². The smallest absolute Gasteiger partial charge is 0.266 e. The molecule has 0 bridgehead atoms. The first-order chi connectivity index (χ1) is 17.4. The number of nitrogens with zero attached hydrogens (tertiary/aromatic N) is 3. The summed E-state index contributed by atoms with van der Waals surface area (Å²) in [6.45, 7) is 5.02. The molecule has 3 aromatic carbocycles. The van der Waals surface area contributed by atoms with Gasteiger partial charge in [-0.1, -0.05) is 28.1 Å². The van der Waals surface area contributed by atoms with E-state index in [1.807, 2.05) is 68.4 Å². The second-order valence-electron chi connectivity index (χ2n) is 8.23. The van der Waals surface area contributed by atoms with Gasteiger partial charge in [0, 0.05) is 23.7 Å². The van der Waals surface area contributed by atoms with E-state index in [4.69, 9.17) is 14.5 Å². The van der Waals surface area contributed by atoms with E-state index in [2.05, 4.69) is 15.9 Å². The summed E-state index contributed by atoms with van der Waals surface area (Å²) in [5.74, 6) is 1.00. The predicted octanol–water partition coefficient (Wildman–Crippen LogP) is 5.40. The minimum atomic E-state index is -0.528. The van der Waals surface area contributed by atoms with Gasteiger partial charge in [-0.2, -0.15) is 0 Å². The van der Waals surface area contributed by atoms with Gasteiger partial charge in [-0.25, -0.2) is 4.98 Å². The highest BCUT2D eigenvalue weighted by atomic mass is 79.9. The summed E-state index contributed by atoms with van der Waals surface area (Å²) in [6, 6.07) is 21.2. The Morgan fingerprint density at radius 3 is 2.42 bits per heavy atom. The highest BCUT2D eigenvalue weighted by Crippen LogP contribution is 2.26. The number of aromatic nitrogens is 2. The largest absolute Gasteiger partial charge is 0.494 e. The van der Waals surface area contributed by atoms with E-state index < -0.39 is 6.04 Å². The molecule has 4 aromatic rings. The lowest BCUT2D eigenvalue weighted by molar-refractivity contribution is 0.0605. The molecule has 0 saturated carbocycles. The van der Waals surface area contributed by atoms with Gasteiger partial charge in [-0.15, -0.1) is 0 Å². The number of carbonyl (C=O) groups excluding carboxylic acids is 1. The Bertz CT molecular complexity index is 1400. The zero-order chi connectivity index (χ0) is 25.7. The van der Waals surface area contributed by atoms with Crippen molar-refractivity contribution in [2.24, 2.45) is 0 Å². The molecule has 1 amide bonds. The van der Waals surface area contributed by atoms with E-state index in [1.54, 1.807) is 34.8 Å². The van der Waals surface area contributed by atoms with Gasteiger partial charge in [0.2, 0.25) is 0 Å². The standard InChI is InChI=1S/C28H28BrN3O4/c1-4-36-23-15-13-22(14-16-23)32-26(30-25-8-6-5-7-24(25)28(32)34)19(2)31(17-18-35-3)27(33)20-9-11-21(29)12-10-20/h5-16,19H,4,17-18H2,1-3H3. The zero-order valence-electron chi connectivity index (χ0n) is 20.5. The molecular weight excluding hydrogens is 522 g/mol. The molecule has 0 N–H and O–H groups in total. The lowest BCUT2D eigenvalue weighted by atomic mass is 10.1. The Labute approximate surface area is 218 Å². The summed E-state index contributed by atoms with van der Waals surface area (Å²) in [5.41, 5.74) is 1.56. The van der Waals surface area contributed by atoms with E-state index in [1.165, 1.54) is 0 Å². The Balaban J connectivity index is 1.86. The third-order valence-corrected chi connectivity index (χ3v) is 6.47. The Hall–Kier alpha value is -3.49. The molecule has 7 nitrogen and oxygen atoms in total. The normalized spacial score (nSPS) is 11.9. The summed E-state index contributed by atoms with van der Waals surface area (Å²) in [7, 11) is 1.59. The summed E-state index contributed by atoms with van der Waals surface area (Å²) >= 11 is 3.42. The molecule has 1 atom stereocenters. The van der Waals surface area contributed by atoms with Crippen molar-refractivity contribution >= 4 is 32.7 Å². The fraction of sp³-hybridized carbons (Fsp3) is 0.250. The van der Waals surface area contributed by atoms with Crippen molar-refractivity contribution in [1.82, 2.24) is 14.5 Å². The second kappa shape index (κ2) is 11.5. The molecule has 186 valence electrons. The average Bonchev–Trinajstić information content (AvgIpc) is 2.90. The number of methoxy groups -OCH3 is 1. The van der Waals surface area contributed by atoms with Crippen LogP contribution in [0.25, 0.3) is 16.6 Å². The van der Waals surface area contributed by atoms with Crippen LogP contribution >= 0.6 is 15.9 Å². The van der Waals surface area contributed by atoms with Gasteiger partial charge in [-0.3, -0.25) is 14.2 Å². The van der Waals surface area contributed by atoms with Crippen LogP contribution < -0.4 is 10.3 Å². The topological polar surface area (TPSA) is 73.7 Å². The van der Waals surface area contributed by atoms with Crippen molar-refractivity contribution in [2.45, 2.75) is 19.9 Å². The maximum atomic E-state index is 13.7. The van der Waals surface area contributed by atoms with Crippen molar-refractivity contribution in [3.05, 3.63) is 99.0 Å². The molecule has 1 aromatic heterocycles. The SMILES string of the molecule is CCOc1ccc(-n2c(C(C)N(CCOC)C(=O)c3ccc(Br)cc3)nc3ccccc3c2=O)cc1. The molecule has 0 radical (unpaired) electrons. The first-order valence-electron chi connectivity index (χ1n) is 11.7. The predicted molar refractivity (Wildman–Crippen MR) is 144 cm³/mol. The van der Waals surface area contributed by atoms with E-state index in [0.717, 1.165) is 4.47 Å². The van der Waals surface area contributed by atoms with Crippen LogP contribution in [0.2, 0.25) is 0 Å². The minimum absolute atomic E-state index is 0.173. The monoisotopic (exact) mass is 549 g/mol. The van der Waals surface area contributed by atoms with Gasteiger partial charge < -0.3 is 14.4 Å². The fourth-order valence-electron chi connectivity index (χ4n) is 4.10. The summed E-state index contributed by atoms with van der Waals surface area (Å²) in [4.78, 5) is 33.9. The van der Waals surface area contributed by atoms with Crippen LogP contribution in [-0.2, 0) is 4.74 Å². The third kappa shape index (κ3) is 5.34. The van der Waals surface area contributed by atoms with Crippen molar-refractivity contribution in [2.75, 3.05) is 26.9 Å². The molecule has 0 aliphatic carbocycles. The van der Waals surface area contributed by atoms with Gasteiger partial charge >= 0.3 is 0 Å². The van der Waals surface area contributed by atoms with Gasteiger partial charge in [0.1, 0.15) is 11.6 Å². The van der Waals surface area contributed by atoms with Crippen LogP contribution in [0.1, 0.15) is 36.1 Å². The van der Waals surface area contributed by atoms with Crippen molar-refractivity contribution < 1.29 is 14.3 Å². The number of benzene rings is 3. The molecule has 0 saturated heterocycles. The quantitative estimate of drug-likeness (QED) is 0.279. The maximum Gasteiger partial charge on any atom is 0.266 e. The average molecular weight is 550 g/mol. The van der Waals surface area contributed by atoms with Crippen LogP contribution in [0.3, 0.4) is 0 Å². The van der Waals surface area contributed by atoms with Gasteiger partial charge in [0.15, 0.2) is 0 Å². The Morgan fingerprint density at radius 1 is 1.06 bits per heavy atom. The van der Waals surface area contributed by atoms with Gasteiger partial charge in [-0.05, 0) is 74.5 Å². The molecule has 0 fully saturated rings. The summed E-state index contributed by atoms with van der Waals surface area (Å²) in [5, 5.41) is 0.505. The Kier molecular flexibility index (Phi) is 8.18. The Morgan fingerprint density at radius 2 is 1.75 bits per heavy atom. The van der Waals surface area contributed by atoms with Crippen LogP contribution in [-0.4, -0.2) is 47.2 Å². The van der Waals surface area contributed by atoms with Crippen LogP contribution in [0.5, 0.6) is 5.75 Å². The molecule has 0 aliphatic rings. The number of ether oxygens (including phenoxy) is 2. The lowest BCUT2D eigenvalue weighted by Gasteiger charge is -2.30. The number of amides is 1. The molecule has 36 heavy (non-hydrogen) atoms. The molecular formula is C28H28BrN3O4. The van der Waals surface area contributed by atoms with Crippen molar-refractivity contribution in [1.29, 1.82) is 0 Å². The second-order valence-corrected chi connectivity index (χ2v) is 9.14. The van der Waals surface area contributed by atoms with Crippen LogP contribution in [0, 0.1) is 0 Å². The summed E-state index contributed by atoms with van der Waals surface area (Å²) in [6.07, 6.45) is 0. The zero-order valence-corrected chi connectivity index (χ0v) is 22.1. The lowest BCUT2D eigenvalue weighted by Crippen LogP contribution is -2.39. The molecule has 4 rings (SSSR count). The number of halogens is 1. The number of hydrogen-bond donors (Lipinski definition) is 0. The number of hydrogen-bond acceptors (Lipinski definition) is 5.